The fourth-order valence-electron chi connectivity index (χ4n) is 2.98. The van der Waals surface area contributed by atoms with Gasteiger partial charge in [-0.15, -0.1) is 0 Å². The number of nitrogens with one attached hydrogen (secondary N) is 1. The lowest BCUT2D eigenvalue weighted by molar-refractivity contribution is -0.141. The Balaban J connectivity index is 2.12. The summed E-state index contributed by atoms with van der Waals surface area (Å²) in [6, 6.07) is 5.16. The normalized spacial score (nSPS) is 16.4. The number of methoxy groups -OCH3 is 1. The Hall–Kier alpha value is -2.37. The number of carbonyl (C=O) groups excluding carboxylic acids is 2. The first-order chi connectivity index (χ1) is 11.0. The van der Waals surface area contributed by atoms with E-state index in [1.54, 1.807) is 18.2 Å². The molecule has 0 radical (unpaired) electrons. The molecule has 1 atom stereocenters. The summed E-state index contributed by atoms with van der Waals surface area (Å²) < 4.78 is 4.62. The van der Waals surface area contributed by atoms with Gasteiger partial charge in [-0.1, -0.05) is 25.3 Å². The number of hydrogen-bond acceptors (Lipinski definition) is 4. The lowest BCUT2D eigenvalue weighted by Crippen LogP contribution is -2.46. The molecular weight excluding hydrogens is 298 g/mol. The Kier molecular flexibility index (Phi) is 5.73. The summed E-state index contributed by atoms with van der Waals surface area (Å²) in [7, 11) is 1.26. The van der Waals surface area contributed by atoms with Gasteiger partial charge in [-0.3, -0.25) is 4.79 Å². The molecule has 1 aliphatic rings. The van der Waals surface area contributed by atoms with Gasteiger partial charge in [-0.2, -0.15) is 0 Å². The third kappa shape index (κ3) is 4.31. The van der Waals surface area contributed by atoms with Crippen molar-refractivity contribution in [1.82, 2.24) is 5.32 Å². The topological polar surface area (TPSA) is 92.7 Å². The highest BCUT2D eigenvalue weighted by atomic mass is 16.5. The minimum atomic E-state index is -1.02. The zero-order chi connectivity index (χ0) is 16.8. The lowest BCUT2D eigenvalue weighted by atomic mass is 9.84. The standard InChI is InChI=1S/C17H21NO5/c1-23-17(22)13-9-5-8-12(10-13)15(19)18-14(16(20)21)11-6-3-2-4-7-11/h5,8-11,14H,2-4,6-7H2,1H3,(H,18,19)(H,20,21)/t14-/m0/s1. The average Bonchev–Trinajstić information content (AvgIpc) is 2.59. The Morgan fingerprint density at radius 1 is 1.17 bits per heavy atom. The van der Waals surface area contributed by atoms with Crippen LogP contribution in [0.25, 0.3) is 0 Å². The quantitative estimate of drug-likeness (QED) is 0.812. The molecule has 0 spiro atoms. The smallest absolute Gasteiger partial charge is 0.337 e. The molecule has 0 heterocycles. The van der Waals surface area contributed by atoms with Crippen LogP contribution in [0.3, 0.4) is 0 Å². The molecule has 6 heteroatoms. The molecule has 1 amide bonds. The SMILES string of the molecule is COC(=O)c1cccc(C(=O)N[C@H](C(=O)O)C2CCCCC2)c1. The van der Waals surface area contributed by atoms with E-state index in [-0.39, 0.29) is 17.0 Å². The van der Waals surface area contributed by atoms with Gasteiger partial charge in [-0.05, 0) is 37.0 Å². The van der Waals surface area contributed by atoms with Crippen LogP contribution in [0, 0.1) is 5.92 Å². The molecule has 0 unspecified atom stereocenters. The van der Waals surface area contributed by atoms with E-state index in [4.69, 9.17) is 0 Å². The predicted octanol–water partition coefficient (Wildman–Crippen LogP) is 2.24. The largest absolute Gasteiger partial charge is 0.480 e. The molecule has 0 bridgehead atoms. The van der Waals surface area contributed by atoms with Gasteiger partial charge in [0.25, 0.3) is 5.91 Å². The van der Waals surface area contributed by atoms with Crippen molar-refractivity contribution in [2.45, 2.75) is 38.1 Å². The van der Waals surface area contributed by atoms with Gasteiger partial charge in [0, 0.05) is 5.56 Å². The molecule has 2 rings (SSSR count). The van der Waals surface area contributed by atoms with E-state index in [1.165, 1.54) is 13.2 Å². The van der Waals surface area contributed by atoms with Crippen molar-refractivity contribution in [3.8, 4) is 0 Å². The molecule has 2 N–H and O–H groups in total. The Morgan fingerprint density at radius 2 is 1.83 bits per heavy atom. The number of benzene rings is 1. The number of aliphatic carboxylic acids is 1. The fraction of sp³-hybridized carbons (Fsp3) is 0.471. The molecule has 0 saturated heterocycles. The van der Waals surface area contributed by atoms with Gasteiger partial charge in [0.1, 0.15) is 6.04 Å². The van der Waals surface area contributed by atoms with Crippen LogP contribution in [0.4, 0.5) is 0 Å². The van der Waals surface area contributed by atoms with Crippen LogP contribution in [0.2, 0.25) is 0 Å². The van der Waals surface area contributed by atoms with Gasteiger partial charge < -0.3 is 15.2 Å². The number of carboxylic acid groups (broad SMARTS) is 1. The van der Waals surface area contributed by atoms with Gasteiger partial charge in [0.05, 0.1) is 12.7 Å². The number of amides is 1. The van der Waals surface area contributed by atoms with Crippen LogP contribution in [0.15, 0.2) is 24.3 Å². The second kappa shape index (κ2) is 7.76. The Labute approximate surface area is 134 Å². The maximum atomic E-state index is 12.3. The minimum Gasteiger partial charge on any atom is -0.480 e. The van der Waals surface area contributed by atoms with Gasteiger partial charge in [0.15, 0.2) is 0 Å². The third-order valence-electron chi connectivity index (χ3n) is 4.22. The summed E-state index contributed by atoms with van der Waals surface area (Å²) >= 11 is 0. The van der Waals surface area contributed by atoms with Crippen LogP contribution < -0.4 is 5.32 Å². The molecule has 1 fully saturated rings. The molecule has 1 aromatic carbocycles. The second-order valence-corrected chi connectivity index (χ2v) is 5.76. The molecule has 0 aliphatic heterocycles. The van der Waals surface area contributed by atoms with Crippen molar-refractivity contribution in [3.63, 3.8) is 0 Å². The molecule has 1 aliphatic carbocycles. The fourth-order valence-corrected chi connectivity index (χ4v) is 2.98. The lowest BCUT2D eigenvalue weighted by Gasteiger charge is -2.28. The molecule has 1 saturated carbocycles. The van der Waals surface area contributed by atoms with Crippen molar-refractivity contribution >= 4 is 17.8 Å². The first-order valence-electron chi connectivity index (χ1n) is 7.75. The summed E-state index contributed by atoms with van der Waals surface area (Å²) in [5, 5.41) is 12.0. The van der Waals surface area contributed by atoms with E-state index in [2.05, 4.69) is 10.1 Å². The predicted molar refractivity (Wildman–Crippen MR) is 83.2 cm³/mol. The van der Waals surface area contributed by atoms with Crippen LogP contribution in [0.1, 0.15) is 52.8 Å². The van der Waals surface area contributed by atoms with E-state index in [0.29, 0.717) is 0 Å². The molecule has 124 valence electrons. The van der Waals surface area contributed by atoms with Gasteiger partial charge >= 0.3 is 11.9 Å². The van der Waals surface area contributed by atoms with Crippen LogP contribution in [0.5, 0.6) is 0 Å². The van der Waals surface area contributed by atoms with Crippen molar-refractivity contribution in [3.05, 3.63) is 35.4 Å². The summed E-state index contributed by atoms with van der Waals surface area (Å²) in [4.78, 5) is 35.4. The molecule has 6 nitrogen and oxygen atoms in total. The summed E-state index contributed by atoms with van der Waals surface area (Å²) in [6.45, 7) is 0. The van der Waals surface area contributed by atoms with Crippen LogP contribution in [-0.2, 0) is 9.53 Å². The van der Waals surface area contributed by atoms with E-state index >= 15 is 0 Å². The van der Waals surface area contributed by atoms with Crippen molar-refractivity contribution in [2.75, 3.05) is 7.11 Å². The van der Waals surface area contributed by atoms with E-state index in [9.17, 15) is 19.5 Å². The molecule has 23 heavy (non-hydrogen) atoms. The number of carbonyl (C=O) groups is 3. The third-order valence-corrected chi connectivity index (χ3v) is 4.22. The summed E-state index contributed by atoms with van der Waals surface area (Å²) in [6.07, 6.45) is 4.70. The van der Waals surface area contributed by atoms with Crippen molar-refractivity contribution in [2.24, 2.45) is 5.92 Å². The highest BCUT2D eigenvalue weighted by Gasteiger charge is 2.31. The Morgan fingerprint density at radius 3 is 2.43 bits per heavy atom. The number of esters is 1. The van der Waals surface area contributed by atoms with Crippen LogP contribution >= 0.6 is 0 Å². The van der Waals surface area contributed by atoms with Crippen molar-refractivity contribution < 1.29 is 24.2 Å². The van der Waals surface area contributed by atoms with E-state index in [0.717, 1.165) is 32.1 Å². The highest BCUT2D eigenvalue weighted by Crippen LogP contribution is 2.26. The maximum Gasteiger partial charge on any atom is 0.337 e. The van der Waals surface area contributed by atoms with Gasteiger partial charge in [-0.25, -0.2) is 9.59 Å². The summed E-state index contributed by atoms with van der Waals surface area (Å²) in [5.74, 6) is -2.10. The van der Waals surface area contributed by atoms with Gasteiger partial charge in [0.2, 0.25) is 0 Å². The minimum absolute atomic E-state index is 0.0472. The van der Waals surface area contributed by atoms with Crippen molar-refractivity contribution in [1.29, 1.82) is 0 Å². The zero-order valence-corrected chi connectivity index (χ0v) is 13.1. The number of hydrogen-bond donors (Lipinski definition) is 2. The van der Waals surface area contributed by atoms with E-state index < -0.39 is 23.9 Å². The number of rotatable bonds is 5. The van der Waals surface area contributed by atoms with Crippen LogP contribution in [-0.4, -0.2) is 36.1 Å². The highest BCUT2D eigenvalue weighted by molar-refractivity contribution is 5.99. The maximum absolute atomic E-state index is 12.3. The first-order valence-corrected chi connectivity index (χ1v) is 7.75. The Bertz CT molecular complexity index is 592. The summed E-state index contributed by atoms with van der Waals surface area (Å²) in [5.41, 5.74) is 0.500. The number of carboxylic acids is 1. The average molecular weight is 319 g/mol. The zero-order valence-electron chi connectivity index (χ0n) is 13.1. The second-order valence-electron chi connectivity index (χ2n) is 5.76. The molecule has 1 aromatic rings. The first kappa shape index (κ1) is 17.0. The number of ether oxygens (including phenoxy) is 1. The monoisotopic (exact) mass is 319 g/mol. The van der Waals surface area contributed by atoms with E-state index in [1.807, 2.05) is 0 Å². The molecule has 0 aromatic heterocycles. The molecular formula is C17H21NO5.